The maximum Gasteiger partial charge on any atom is 0.319 e. The van der Waals surface area contributed by atoms with E-state index in [9.17, 15) is 4.79 Å². The van der Waals surface area contributed by atoms with Gasteiger partial charge in [0.15, 0.2) is 0 Å². The van der Waals surface area contributed by atoms with Crippen molar-refractivity contribution in [3.05, 3.63) is 59.2 Å². The largest absolute Gasteiger partial charge is 0.497 e. The molecule has 2 rings (SSSR count). The molecule has 0 saturated heterocycles. The number of rotatable bonds is 4. The van der Waals surface area contributed by atoms with Crippen LogP contribution >= 0.6 is 0 Å². The SMILES string of the molecule is COc1ccc(NC(=O)NCc2ccc(C)c(C)c2)cc1. The minimum absolute atomic E-state index is 0.224. The second kappa shape index (κ2) is 6.79. The lowest BCUT2D eigenvalue weighted by atomic mass is 10.1. The van der Waals surface area contributed by atoms with Gasteiger partial charge in [0, 0.05) is 12.2 Å². The maximum absolute atomic E-state index is 11.8. The predicted molar refractivity (Wildman–Crippen MR) is 84.8 cm³/mol. The molecule has 0 aliphatic carbocycles. The number of aryl methyl sites for hydroxylation is 2. The zero-order valence-corrected chi connectivity index (χ0v) is 12.6. The van der Waals surface area contributed by atoms with Crippen LogP contribution in [0.15, 0.2) is 42.5 Å². The van der Waals surface area contributed by atoms with Crippen LogP contribution in [0.25, 0.3) is 0 Å². The van der Waals surface area contributed by atoms with Gasteiger partial charge in [-0.1, -0.05) is 18.2 Å². The molecular weight excluding hydrogens is 264 g/mol. The molecule has 2 amide bonds. The summed E-state index contributed by atoms with van der Waals surface area (Å²) >= 11 is 0. The molecular formula is C17H20N2O2. The van der Waals surface area contributed by atoms with Crippen molar-refractivity contribution in [2.24, 2.45) is 0 Å². The summed E-state index contributed by atoms with van der Waals surface area (Å²) in [5.41, 5.74) is 4.29. The molecule has 2 aromatic carbocycles. The van der Waals surface area contributed by atoms with E-state index >= 15 is 0 Å². The van der Waals surface area contributed by atoms with Gasteiger partial charge in [-0.25, -0.2) is 4.79 Å². The summed E-state index contributed by atoms with van der Waals surface area (Å²) in [7, 11) is 1.61. The normalized spacial score (nSPS) is 10.0. The highest BCUT2D eigenvalue weighted by atomic mass is 16.5. The number of carbonyl (C=O) groups is 1. The Morgan fingerprint density at radius 1 is 1.05 bits per heavy atom. The first kappa shape index (κ1) is 14.9. The molecule has 0 heterocycles. The van der Waals surface area contributed by atoms with Gasteiger partial charge in [-0.3, -0.25) is 0 Å². The third-order valence-electron chi connectivity index (χ3n) is 3.37. The molecule has 0 atom stereocenters. The highest BCUT2D eigenvalue weighted by molar-refractivity contribution is 5.89. The molecule has 0 aromatic heterocycles. The number of urea groups is 1. The molecule has 0 fully saturated rings. The molecule has 0 aliphatic heterocycles. The molecule has 2 aromatic rings. The molecule has 110 valence electrons. The lowest BCUT2D eigenvalue weighted by Gasteiger charge is -2.09. The number of methoxy groups -OCH3 is 1. The average molecular weight is 284 g/mol. The van der Waals surface area contributed by atoms with Gasteiger partial charge in [-0.05, 0) is 54.8 Å². The first-order chi connectivity index (χ1) is 10.1. The van der Waals surface area contributed by atoms with Gasteiger partial charge in [0.05, 0.1) is 7.11 Å². The Hall–Kier alpha value is -2.49. The van der Waals surface area contributed by atoms with Gasteiger partial charge < -0.3 is 15.4 Å². The number of hydrogen-bond acceptors (Lipinski definition) is 2. The Morgan fingerprint density at radius 3 is 2.38 bits per heavy atom. The van der Waals surface area contributed by atoms with Crippen molar-refractivity contribution in [3.8, 4) is 5.75 Å². The van der Waals surface area contributed by atoms with Crippen molar-refractivity contribution in [2.45, 2.75) is 20.4 Å². The van der Waals surface area contributed by atoms with Crippen LogP contribution in [0.3, 0.4) is 0 Å². The highest BCUT2D eigenvalue weighted by Gasteiger charge is 2.03. The van der Waals surface area contributed by atoms with E-state index in [1.54, 1.807) is 31.4 Å². The van der Waals surface area contributed by atoms with E-state index in [1.165, 1.54) is 11.1 Å². The Bertz CT molecular complexity index is 621. The Labute approximate surface area is 125 Å². The van der Waals surface area contributed by atoms with E-state index in [0.29, 0.717) is 6.54 Å². The van der Waals surface area contributed by atoms with E-state index in [2.05, 4.69) is 36.6 Å². The number of carbonyl (C=O) groups excluding carboxylic acids is 1. The van der Waals surface area contributed by atoms with Gasteiger partial charge in [0.2, 0.25) is 0 Å². The van der Waals surface area contributed by atoms with Gasteiger partial charge in [0.1, 0.15) is 5.75 Å². The van der Waals surface area contributed by atoms with E-state index in [4.69, 9.17) is 4.74 Å². The fourth-order valence-electron chi connectivity index (χ4n) is 1.95. The lowest BCUT2D eigenvalue weighted by Crippen LogP contribution is -2.28. The van der Waals surface area contributed by atoms with Gasteiger partial charge in [-0.2, -0.15) is 0 Å². The highest BCUT2D eigenvalue weighted by Crippen LogP contribution is 2.15. The average Bonchev–Trinajstić information content (AvgIpc) is 2.49. The fourth-order valence-corrected chi connectivity index (χ4v) is 1.95. The van der Waals surface area contributed by atoms with Crippen molar-refractivity contribution in [2.75, 3.05) is 12.4 Å². The minimum Gasteiger partial charge on any atom is -0.497 e. The fraction of sp³-hybridized carbons (Fsp3) is 0.235. The van der Waals surface area contributed by atoms with E-state index in [-0.39, 0.29) is 6.03 Å². The van der Waals surface area contributed by atoms with Crippen molar-refractivity contribution in [3.63, 3.8) is 0 Å². The topological polar surface area (TPSA) is 50.4 Å². The van der Waals surface area contributed by atoms with Crippen molar-refractivity contribution in [1.29, 1.82) is 0 Å². The zero-order chi connectivity index (χ0) is 15.2. The Morgan fingerprint density at radius 2 is 1.76 bits per heavy atom. The van der Waals surface area contributed by atoms with Crippen molar-refractivity contribution < 1.29 is 9.53 Å². The van der Waals surface area contributed by atoms with Crippen molar-refractivity contribution in [1.82, 2.24) is 5.32 Å². The number of nitrogens with one attached hydrogen (secondary N) is 2. The molecule has 4 heteroatoms. The molecule has 0 saturated carbocycles. The third kappa shape index (κ3) is 4.24. The minimum atomic E-state index is -0.224. The van der Waals surface area contributed by atoms with Crippen LogP contribution in [0.5, 0.6) is 5.75 Å². The Balaban J connectivity index is 1.87. The first-order valence-electron chi connectivity index (χ1n) is 6.83. The van der Waals surface area contributed by atoms with E-state index in [0.717, 1.165) is 17.0 Å². The smallest absolute Gasteiger partial charge is 0.319 e. The molecule has 0 aliphatic rings. The summed E-state index contributed by atoms with van der Waals surface area (Å²) < 4.78 is 5.07. The number of amides is 2. The van der Waals surface area contributed by atoms with Crippen LogP contribution in [0, 0.1) is 13.8 Å². The van der Waals surface area contributed by atoms with Crippen molar-refractivity contribution >= 4 is 11.7 Å². The number of ether oxygens (including phenoxy) is 1. The van der Waals surface area contributed by atoms with Gasteiger partial charge in [0.25, 0.3) is 0 Å². The summed E-state index contributed by atoms with van der Waals surface area (Å²) in [6.45, 7) is 4.64. The van der Waals surface area contributed by atoms with Crippen LogP contribution in [0.4, 0.5) is 10.5 Å². The summed E-state index contributed by atoms with van der Waals surface area (Å²) in [6.07, 6.45) is 0. The lowest BCUT2D eigenvalue weighted by molar-refractivity contribution is 0.251. The predicted octanol–water partition coefficient (Wildman–Crippen LogP) is 3.63. The van der Waals surface area contributed by atoms with Crippen LogP contribution in [0.2, 0.25) is 0 Å². The second-order valence-corrected chi connectivity index (χ2v) is 4.95. The molecule has 21 heavy (non-hydrogen) atoms. The third-order valence-corrected chi connectivity index (χ3v) is 3.37. The molecule has 4 nitrogen and oxygen atoms in total. The van der Waals surface area contributed by atoms with Crippen LogP contribution < -0.4 is 15.4 Å². The first-order valence-corrected chi connectivity index (χ1v) is 6.83. The second-order valence-electron chi connectivity index (χ2n) is 4.95. The van der Waals surface area contributed by atoms with Gasteiger partial charge >= 0.3 is 6.03 Å². The molecule has 0 spiro atoms. The van der Waals surface area contributed by atoms with Crippen LogP contribution in [-0.4, -0.2) is 13.1 Å². The number of benzene rings is 2. The number of anilines is 1. The van der Waals surface area contributed by atoms with Crippen LogP contribution in [0.1, 0.15) is 16.7 Å². The van der Waals surface area contributed by atoms with Crippen LogP contribution in [-0.2, 0) is 6.54 Å². The molecule has 0 bridgehead atoms. The summed E-state index contributed by atoms with van der Waals surface area (Å²) in [6, 6.07) is 13.2. The van der Waals surface area contributed by atoms with E-state index < -0.39 is 0 Å². The van der Waals surface area contributed by atoms with Gasteiger partial charge in [-0.15, -0.1) is 0 Å². The number of hydrogen-bond donors (Lipinski definition) is 2. The van der Waals surface area contributed by atoms with E-state index in [1.807, 2.05) is 6.07 Å². The quantitative estimate of drug-likeness (QED) is 0.900. The molecule has 0 unspecified atom stereocenters. The Kier molecular flexibility index (Phi) is 4.82. The molecule has 0 radical (unpaired) electrons. The maximum atomic E-state index is 11.8. The summed E-state index contributed by atoms with van der Waals surface area (Å²) in [4.78, 5) is 11.8. The summed E-state index contributed by atoms with van der Waals surface area (Å²) in [5.74, 6) is 0.760. The standard InChI is InChI=1S/C17H20N2O2/c1-12-4-5-14(10-13(12)2)11-18-17(20)19-15-6-8-16(21-3)9-7-15/h4-10H,11H2,1-3H3,(H2,18,19,20). The molecule has 2 N–H and O–H groups in total. The summed E-state index contributed by atoms with van der Waals surface area (Å²) in [5, 5.41) is 5.63. The zero-order valence-electron chi connectivity index (χ0n) is 12.6. The monoisotopic (exact) mass is 284 g/mol.